The van der Waals surface area contributed by atoms with Gasteiger partial charge in [0.25, 0.3) is 0 Å². The highest BCUT2D eigenvalue weighted by Crippen LogP contribution is 2.36. The van der Waals surface area contributed by atoms with Gasteiger partial charge in [0.1, 0.15) is 16.8 Å². The van der Waals surface area contributed by atoms with Gasteiger partial charge in [0.2, 0.25) is 0 Å². The molecule has 1 aromatic heterocycles. The maximum atomic E-state index is 11.7. The normalized spacial score (nSPS) is 10.2. The fourth-order valence-electron chi connectivity index (χ4n) is 2.64. The third-order valence-electron chi connectivity index (χ3n) is 3.80. The number of nitriles is 1. The maximum absolute atomic E-state index is 11.7. The predicted molar refractivity (Wildman–Crippen MR) is 105 cm³/mol. The summed E-state index contributed by atoms with van der Waals surface area (Å²) in [5.41, 5.74) is 3.51. The molecule has 0 N–H and O–H groups in total. The minimum absolute atomic E-state index is 0.0795. The molecule has 0 aliphatic heterocycles. The zero-order valence-electron chi connectivity index (χ0n) is 14.8. The Labute approximate surface area is 162 Å². The first-order chi connectivity index (χ1) is 13.2. The second-order valence-electron chi connectivity index (χ2n) is 5.54. The van der Waals surface area contributed by atoms with Crippen LogP contribution in [0.4, 0.5) is 0 Å². The van der Waals surface area contributed by atoms with Crippen molar-refractivity contribution in [2.24, 2.45) is 0 Å². The largest absolute Gasteiger partial charge is 0.465 e. The van der Waals surface area contributed by atoms with Gasteiger partial charge in [-0.2, -0.15) is 5.26 Å². The molecule has 3 rings (SSSR count). The highest BCUT2D eigenvalue weighted by Gasteiger charge is 2.20. The summed E-state index contributed by atoms with van der Waals surface area (Å²) in [5.74, 6) is -0.266. The van der Waals surface area contributed by atoms with Gasteiger partial charge in [-0.25, -0.2) is 0 Å². The van der Waals surface area contributed by atoms with E-state index in [-0.39, 0.29) is 11.7 Å². The third-order valence-corrected chi connectivity index (χ3v) is 4.73. The second-order valence-corrected chi connectivity index (χ2v) is 6.51. The molecule has 0 radical (unpaired) electrons. The second kappa shape index (κ2) is 8.97. The molecular weight excluding hydrogens is 358 g/mol. The van der Waals surface area contributed by atoms with E-state index in [4.69, 9.17) is 4.74 Å². The van der Waals surface area contributed by atoms with Crippen molar-refractivity contribution in [1.82, 2.24) is 10.2 Å². The van der Waals surface area contributed by atoms with Crippen LogP contribution in [0.2, 0.25) is 0 Å². The monoisotopic (exact) mass is 375 g/mol. The highest BCUT2D eigenvalue weighted by atomic mass is 32.2. The van der Waals surface area contributed by atoms with Gasteiger partial charge in [-0.3, -0.25) is 4.79 Å². The van der Waals surface area contributed by atoms with Crippen molar-refractivity contribution in [2.75, 3.05) is 12.4 Å². The van der Waals surface area contributed by atoms with E-state index in [0.717, 1.165) is 22.9 Å². The molecule has 0 fully saturated rings. The lowest BCUT2D eigenvalue weighted by Crippen LogP contribution is -2.08. The van der Waals surface area contributed by atoms with Gasteiger partial charge in [0, 0.05) is 11.1 Å². The fraction of sp³-hybridized carbons (Fsp3) is 0.143. The van der Waals surface area contributed by atoms with Crippen molar-refractivity contribution in [3.8, 4) is 28.5 Å². The number of esters is 1. The van der Waals surface area contributed by atoms with E-state index in [1.807, 2.05) is 60.7 Å². The number of carbonyl (C=O) groups excluding carboxylic acids is 1. The van der Waals surface area contributed by atoms with Crippen molar-refractivity contribution in [3.05, 3.63) is 66.2 Å². The summed E-state index contributed by atoms with van der Waals surface area (Å²) in [6, 6.07) is 21.5. The first kappa shape index (κ1) is 18.6. The molecule has 0 bridgehead atoms. The number of benzene rings is 2. The predicted octanol–water partition coefficient (Wildman–Crippen LogP) is 4.34. The van der Waals surface area contributed by atoms with E-state index < -0.39 is 0 Å². The average Bonchev–Trinajstić information content (AvgIpc) is 2.73. The van der Waals surface area contributed by atoms with E-state index in [0.29, 0.717) is 28.5 Å². The number of thioether (sulfide) groups is 1. The third kappa shape index (κ3) is 4.33. The van der Waals surface area contributed by atoms with E-state index >= 15 is 0 Å². The van der Waals surface area contributed by atoms with Gasteiger partial charge in [-0.15, -0.1) is 10.2 Å². The maximum Gasteiger partial charge on any atom is 0.316 e. The Balaban J connectivity index is 2.12. The van der Waals surface area contributed by atoms with E-state index in [1.54, 1.807) is 6.92 Å². The Hall–Kier alpha value is -3.17. The van der Waals surface area contributed by atoms with Gasteiger partial charge in [0.05, 0.1) is 17.9 Å². The quantitative estimate of drug-likeness (QED) is 0.471. The standard InChI is InChI=1S/C21H17N3O2S/c1-2-26-18(25)14-27-21-17(13-22)19(15-9-5-3-6-10-15)20(23-24-21)16-11-7-4-8-12-16/h3-12H,2,14H2,1H3. The van der Waals surface area contributed by atoms with Gasteiger partial charge >= 0.3 is 5.97 Å². The van der Waals surface area contributed by atoms with Crippen molar-refractivity contribution in [1.29, 1.82) is 5.26 Å². The smallest absolute Gasteiger partial charge is 0.316 e. The Morgan fingerprint density at radius 1 is 1.04 bits per heavy atom. The van der Waals surface area contributed by atoms with Crippen LogP contribution < -0.4 is 0 Å². The first-order valence-corrected chi connectivity index (χ1v) is 9.43. The molecule has 0 unspecified atom stereocenters. The number of ether oxygens (including phenoxy) is 1. The van der Waals surface area contributed by atoms with Crippen LogP contribution in [-0.2, 0) is 9.53 Å². The summed E-state index contributed by atoms with van der Waals surface area (Å²) in [6.07, 6.45) is 0. The molecule has 0 saturated heterocycles. The van der Waals surface area contributed by atoms with Crippen LogP contribution in [0, 0.1) is 11.3 Å². The molecule has 0 aliphatic rings. The molecule has 0 atom stereocenters. The number of hydrogen-bond donors (Lipinski definition) is 0. The molecule has 27 heavy (non-hydrogen) atoms. The number of hydrogen-bond acceptors (Lipinski definition) is 6. The molecule has 3 aromatic rings. The fourth-order valence-corrected chi connectivity index (χ4v) is 3.37. The van der Waals surface area contributed by atoms with Crippen molar-refractivity contribution < 1.29 is 9.53 Å². The number of carbonyl (C=O) groups is 1. The van der Waals surface area contributed by atoms with Crippen LogP contribution >= 0.6 is 11.8 Å². The molecule has 5 nitrogen and oxygen atoms in total. The van der Waals surface area contributed by atoms with E-state index in [1.165, 1.54) is 0 Å². The summed E-state index contributed by atoms with van der Waals surface area (Å²) >= 11 is 1.16. The lowest BCUT2D eigenvalue weighted by Gasteiger charge is -2.13. The summed E-state index contributed by atoms with van der Waals surface area (Å²) < 4.78 is 4.95. The van der Waals surface area contributed by atoms with Gasteiger partial charge < -0.3 is 4.74 Å². The van der Waals surface area contributed by atoms with Crippen LogP contribution in [0.1, 0.15) is 12.5 Å². The molecule has 0 spiro atoms. The first-order valence-electron chi connectivity index (χ1n) is 8.44. The summed E-state index contributed by atoms with van der Waals surface area (Å²) in [7, 11) is 0. The molecule has 2 aromatic carbocycles. The topological polar surface area (TPSA) is 75.9 Å². The van der Waals surface area contributed by atoms with Crippen molar-refractivity contribution in [3.63, 3.8) is 0 Å². The number of rotatable bonds is 6. The minimum atomic E-state index is -0.346. The van der Waals surface area contributed by atoms with Crippen LogP contribution in [0.5, 0.6) is 0 Å². The van der Waals surface area contributed by atoms with Crippen LogP contribution in [0.25, 0.3) is 22.4 Å². The Bertz CT molecular complexity index is 970. The lowest BCUT2D eigenvalue weighted by atomic mass is 9.96. The molecule has 0 amide bonds. The lowest BCUT2D eigenvalue weighted by molar-refractivity contribution is -0.139. The van der Waals surface area contributed by atoms with Crippen molar-refractivity contribution in [2.45, 2.75) is 11.9 Å². The van der Waals surface area contributed by atoms with Gasteiger partial charge in [0.15, 0.2) is 0 Å². The Morgan fingerprint density at radius 2 is 1.67 bits per heavy atom. The molecular formula is C21H17N3O2S. The summed E-state index contributed by atoms with van der Waals surface area (Å²) in [6.45, 7) is 2.07. The Morgan fingerprint density at radius 3 is 2.26 bits per heavy atom. The average molecular weight is 375 g/mol. The zero-order valence-corrected chi connectivity index (χ0v) is 15.6. The van der Waals surface area contributed by atoms with Crippen molar-refractivity contribution >= 4 is 17.7 Å². The molecule has 1 heterocycles. The zero-order chi connectivity index (χ0) is 19.1. The SMILES string of the molecule is CCOC(=O)CSc1nnc(-c2ccccc2)c(-c2ccccc2)c1C#N. The van der Waals surface area contributed by atoms with Gasteiger partial charge in [-0.05, 0) is 12.5 Å². The molecule has 6 heteroatoms. The van der Waals surface area contributed by atoms with Crippen LogP contribution in [0.15, 0.2) is 65.7 Å². The Kier molecular flexibility index (Phi) is 6.18. The van der Waals surface area contributed by atoms with Crippen LogP contribution in [-0.4, -0.2) is 28.5 Å². The number of aromatic nitrogens is 2. The minimum Gasteiger partial charge on any atom is -0.465 e. The molecule has 134 valence electrons. The molecule has 0 aliphatic carbocycles. The number of nitrogens with zero attached hydrogens (tertiary/aromatic N) is 3. The van der Waals surface area contributed by atoms with Gasteiger partial charge in [-0.1, -0.05) is 72.4 Å². The van der Waals surface area contributed by atoms with E-state index in [2.05, 4.69) is 16.3 Å². The highest BCUT2D eigenvalue weighted by molar-refractivity contribution is 7.99. The van der Waals surface area contributed by atoms with E-state index in [9.17, 15) is 10.1 Å². The summed E-state index contributed by atoms with van der Waals surface area (Å²) in [4.78, 5) is 11.7. The van der Waals surface area contributed by atoms with Crippen LogP contribution in [0.3, 0.4) is 0 Å². The summed E-state index contributed by atoms with van der Waals surface area (Å²) in [5, 5.41) is 18.9. The molecule has 0 saturated carbocycles.